The summed E-state index contributed by atoms with van der Waals surface area (Å²) in [6.45, 7) is 2.49. The van der Waals surface area contributed by atoms with E-state index in [0.717, 1.165) is 23.7 Å². The van der Waals surface area contributed by atoms with Crippen molar-refractivity contribution in [2.24, 2.45) is 0 Å². The molecule has 4 heteroatoms. The van der Waals surface area contributed by atoms with Crippen LogP contribution in [0.1, 0.15) is 12.0 Å². The third-order valence-corrected chi connectivity index (χ3v) is 3.20. The van der Waals surface area contributed by atoms with Crippen LogP contribution in [0, 0.1) is 12.7 Å². The van der Waals surface area contributed by atoms with Gasteiger partial charge >= 0.3 is 0 Å². The zero-order valence-corrected chi connectivity index (χ0v) is 9.86. The van der Waals surface area contributed by atoms with Crippen LogP contribution >= 0.6 is 11.8 Å². The molecule has 2 nitrogen and oxygen atoms in total. The SMILES string of the molecule is COCCCSc1cc(C)c(F)cc1N. The number of aryl methyl sites for hydroxylation is 1. The van der Waals surface area contributed by atoms with E-state index in [0.29, 0.717) is 11.3 Å². The first-order chi connectivity index (χ1) is 7.15. The van der Waals surface area contributed by atoms with Crippen LogP contribution in [0.5, 0.6) is 0 Å². The highest BCUT2D eigenvalue weighted by molar-refractivity contribution is 7.99. The fourth-order valence-electron chi connectivity index (χ4n) is 1.18. The Kier molecular flexibility index (Phi) is 4.91. The number of ether oxygens (including phenoxy) is 1. The molecule has 0 aliphatic rings. The van der Waals surface area contributed by atoms with Gasteiger partial charge in [-0.3, -0.25) is 0 Å². The lowest BCUT2D eigenvalue weighted by molar-refractivity contribution is 0.200. The molecule has 0 spiro atoms. The van der Waals surface area contributed by atoms with Gasteiger partial charge in [-0.2, -0.15) is 0 Å². The average Bonchev–Trinajstić information content (AvgIpc) is 2.20. The molecule has 0 amide bonds. The van der Waals surface area contributed by atoms with Gasteiger partial charge in [0.25, 0.3) is 0 Å². The van der Waals surface area contributed by atoms with Gasteiger partial charge in [0, 0.05) is 30.1 Å². The number of rotatable bonds is 5. The third kappa shape index (κ3) is 3.72. The summed E-state index contributed by atoms with van der Waals surface area (Å²) in [7, 11) is 1.68. The number of thioether (sulfide) groups is 1. The highest BCUT2D eigenvalue weighted by Crippen LogP contribution is 2.27. The summed E-state index contributed by atoms with van der Waals surface area (Å²) in [5, 5.41) is 0. The third-order valence-electron chi connectivity index (χ3n) is 2.04. The number of methoxy groups -OCH3 is 1. The summed E-state index contributed by atoms with van der Waals surface area (Å²) in [5.41, 5.74) is 6.86. The minimum atomic E-state index is -0.242. The average molecular weight is 229 g/mol. The summed E-state index contributed by atoms with van der Waals surface area (Å²) in [4.78, 5) is 0.949. The van der Waals surface area contributed by atoms with Crippen LogP contribution in [0.2, 0.25) is 0 Å². The number of nitrogen functional groups attached to an aromatic ring is 1. The maximum Gasteiger partial charge on any atom is 0.128 e. The van der Waals surface area contributed by atoms with Gasteiger partial charge in [-0.25, -0.2) is 4.39 Å². The predicted octanol–water partition coefficient (Wildman–Crippen LogP) is 2.84. The van der Waals surface area contributed by atoms with Crippen LogP contribution in [0.25, 0.3) is 0 Å². The summed E-state index contributed by atoms with van der Waals surface area (Å²) in [6, 6.07) is 3.18. The minimum Gasteiger partial charge on any atom is -0.398 e. The number of hydrogen-bond acceptors (Lipinski definition) is 3. The van der Waals surface area contributed by atoms with Crippen LogP contribution in [0.15, 0.2) is 17.0 Å². The van der Waals surface area contributed by atoms with Crippen LogP contribution < -0.4 is 5.73 Å². The summed E-state index contributed by atoms with van der Waals surface area (Å²) in [5.74, 6) is 0.692. The van der Waals surface area contributed by atoms with Gasteiger partial charge in [0.2, 0.25) is 0 Å². The molecular weight excluding hydrogens is 213 g/mol. The molecule has 0 radical (unpaired) electrons. The molecule has 0 aliphatic heterocycles. The first-order valence-electron chi connectivity index (χ1n) is 4.82. The van der Waals surface area contributed by atoms with Gasteiger partial charge in [-0.15, -0.1) is 11.8 Å². The highest BCUT2D eigenvalue weighted by atomic mass is 32.2. The number of halogens is 1. The maximum absolute atomic E-state index is 13.1. The molecular formula is C11H16FNOS. The molecule has 1 rings (SSSR count). The number of benzene rings is 1. The number of hydrogen-bond donors (Lipinski definition) is 1. The topological polar surface area (TPSA) is 35.2 Å². The first kappa shape index (κ1) is 12.3. The van der Waals surface area contributed by atoms with E-state index in [1.807, 2.05) is 0 Å². The van der Waals surface area contributed by atoms with Gasteiger partial charge in [-0.05, 0) is 31.0 Å². The Balaban J connectivity index is 2.57. The Morgan fingerprint density at radius 3 is 2.87 bits per heavy atom. The van der Waals surface area contributed by atoms with E-state index in [-0.39, 0.29) is 5.82 Å². The molecule has 0 fully saturated rings. The minimum absolute atomic E-state index is 0.242. The van der Waals surface area contributed by atoms with Gasteiger partial charge in [0.05, 0.1) is 0 Å². The normalized spacial score (nSPS) is 10.6. The Hall–Kier alpha value is -0.740. The number of anilines is 1. The van der Waals surface area contributed by atoms with E-state index < -0.39 is 0 Å². The Morgan fingerprint density at radius 2 is 2.20 bits per heavy atom. The molecule has 2 N–H and O–H groups in total. The smallest absolute Gasteiger partial charge is 0.128 e. The lowest BCUT2D eigenvalue weighted by atomic mass is 10.2. The van der Waals surface area contributed by atoms with Crippen molar-refractivity contribution in [2.45, 2.75) is 18.2 Å². The Morgan fingerprint density at radius 1 is 1.47 bits per heavy atom. The first-order valence-corrected chi connectivity index (χ1v) is 5.81. The quantitative estimate of drug-likeness (QED) is 0.479. The molecule has 0 unspecified atom stereocenters. The maximum atomic E-state index is 13.1. The van der Waals surface area contributed by atoms with Crippen molar-refractivity contribution in [2.75, 3.05) is 25.2 Å². The van der Waals surface area contributed by atoms with Gasteiger partial charge in [0.1, 0.15) is 5.82 Å². The van der Waals surface area contributed by atoms with E-state index in [2.05, 4.69) is 0 Å². The van der Waals surface area contributed by atoms with Crippen LogP contribution in [-0.4, -0.2) is 19.5 Å². The molecule has 0 saturated carbocycles. The second-order valence-electron chi connectivity index (χ2n) is 3.33. The van der Waals surface area contributed by atoms with Crippen molar-refractivity contribution < 1.29 is 9.13 Å². The molecule has 0 saturated heterocycles. The standard InChI is InChI=1S/C11H16FNOS/c1-8-6-11(10(13)7-9(8)12)15-5-3-4-14-2/h6-7H,3-5,13H2,1-2H3. The molecule has 1 aromatic rings. The molecule has 1 aromatic carbocycles. The van der Waals surface area contributed by atoms with Crippen molar-refractivity contribution >= 4 is 17.4 Å². The van der Waals surface area contributed by atoms with E-state index >= 15 is 0 Å². The van der Waals surface area contributed by atoms with Crippen LogP contribution in [0.3, 0.4) is 0 Å². The number of nitrogens with two attached hydrogens (primary N) is 1. The molecule has 0 aliphatic carbocycles. The zero-order chi connectivity index (χ0) is 11.3. The monoisotopic (exact) mass is 229 g/mol. The fraction of sp³-hybridized carbons (Fsp3) is 0.455. The van der Waals surface area contributed by atoms with Crippen LogP contribution in [0.4, 0.5) is 10.1 Å². The highest BCUT2D eigenvalue weighted by Gasteiger charge is 2.04. The lowest BCUT2D eigenvalue weighted by Gasteiger charge is -2.07. The summed E-state index contributed by atoms with van der Waals surface area (Å²) < 4.78 is 18.0. The molecule has 0 aromatic heterocycles. The fourth-order valence-corrected chi connectivity index (χ4v) is 2.15. The Labute approximate surface area is 94.0 Å². The van der Waals surface area contributed by atoms with Crippen molar-refractivity contribution in [1.82, 2.24) is 0 Å². The van der Waals surface area contributed by atoms with Crippen molar-refractivity contribution in [3.63, 3.8) is 0 Å². The second-order valence-corrected chi connectivity index (χ2v) is 4.47. The van der Waals surface area contributed by atoms with E-state index in [1.54, 1.807) is 31.9 Å². The van der Waals surface area contributed by atoms with Gasteiger partial charge in [0.15, 0.2) is 0 Å². The van der Waals surface area contributed by atoms with Crippen LogP contribution in [-0.2, 0) is 4.74 Å². The molecule has 84 valence electrons. The molecule has 0 atom stereocenters. The van der Waals surface area contributed by atoms with Crippen molar-refractivity contribution in [3.8, 4) is 0 Å². The van der Waals surface area contributed by atoms with E-state index in [1.165, 1.54) is 6.07 Å². The summed E-state index contributed by atoms with van der Waals surface area (Å²) >= 11 is 1.64. The summed E-state index contributed by atoms with van der Waals surface area (Å²) in [6.07, 6.45) is 0.969. The van der Waals surface area contributed by atoms with Gasteiger partial charge in [-0.1, -0.05) is 0 Å². The Bertz CT molecular complexity index is 331. The van der Waals surface area contributed by atoms with E-state index in [9.17, 15) is 4.39 Å². The second kappa shape index (κ2) is 5.98. The van der Waals surface area contributed by atoms with Gasteiger partial charge < -0.3 is 10.5 Å². The van der Waals surface area contributed by atoms with E-state index in [4.69, 9.17) is 10.5 Å². The molecule has 0 heterocycles. The predicted molar refractivity (Wildman–Crippen MR) is 62.8 cm³/mol. The molecule has 0 bridgehead atoms. The molecule has 15 heavy (non-hydrogen) atoms. The lowest BCUT2D eigenvalue weighted by Crippen LogP contribution is -1.95. The van der Waals surface area contributed by atoms with Crippen molar-refractivity contribution in [3.05, 3.63) is 23.5 Å². The van der Waals surface area contributed by atoms with Crippen molar-refractivity contribution in [1.29, 1.82) is 0 Å². The largest absolute Gasteiger partial charge is 0.398 e. The zero-order valence-electron chi connectivity index (χ0n) is 9.05.